The highest BCUT2D eigenvalue weighted by Crippen LogP contribution is 2.19. The first-order valence-corrected chi connectivity index (χ1v) is 6.83. The smallest absolute Gasteiger partial charge is 0.0300 e. The van der Waals surface area contributed by atoms with E-state index in [4.69, 9.17) is 0 Å². The molecule has 0 unspecified atom stereocenters. The zero-order valence-corrected chi connectivity index (χ0v) is 12.0. The van der Waals surface area contributed by atoms with E-state index in [1.165, 1.54) is 9.35 Å². The molecule has 0 bridgehead atoms. The highest BCUT2D eigenvalue weighted by molar-refractivity contribution is 9.10. The highest BCUT2D eigenvalue weighted by atomic mass is 79.9. The maximum Gasteiger partial charge on any atom is 0.0300 e. The second-order valence-electron chi connectivity index (χ2n) is 4.58. The number of thiophene rings is 1. The third-order valence-electron chi connectivity index (χ3n) is 1.88. The van der Waals surface area contributed by atoms with Crippen LogP contribution in [0.2, 0.25) is 0 Å². The molecule has 0 saturated heterocycles. The highest BCUT2D eigenvalue weighted by Gasteiger charge is 2.06. The van der Waals surface area contributed by atoms with Gasteiger partial charge in [-0.05, 0) is 42.8 Å². The second kappa shape index (κ2) is 5.99. The molecule has 1 aromatic rings. The lowest BCUT2D eigenvalue weighted by Crippen LogP contribution is -2.40. The van der Waals surface area contributed by atoms with Crippen molar-refractivity contribution < 1.29 is 0 Å². The lowest BCUT2D eigenvalue weighted by Gasteiger charge is -2.20. The van der Waals surface area contributed by atoms with Crippen molar-refractivity contribution in [2.24, 2.45) is 0 Å². The topological polar surface area (TPSA) is 24.1 Å². The Hall–Kier alpha value is 0.1000. The number of hydrogen-bond donors (Lipinski definition) is 2. The third-order valence-corrected chi connectivity index (χ3v) is 3.58. The summed E-state index contributed by atoms with van der Waals surface area (Å²) in [6.07, 6.45) is 0. The molecule has 0 aromatic carbocycles. The maximum absolute atomic E-state index is 3.45. The van der Waals surface area contributed by atoms with Crippen molar-refractivity contribution in [2.45, 2.75) is 32.9 Å². The van der Waals surface area contributed by atoms with Crippen LogP contribution in [-0.4, -0.2) is 18.6 Å². The third kappa shape index (κ3) is 6.30. The largest absolute Gasteiger partial charge is 0.311 e. The molecule has 2 N–H and O–H groups in total. The van der Waals surface area contributed by atoms with E-state index in [-0.39, 0.29) is 5.54 Å². The molecule has 0 aliphatic rings. The Morgan fingerprint density at radius 1 is 1.33 bits per heavy atom. The van der Waals surface area contributed by atoms with Crippen molar-refractivity contribution in [3.8, 4) is 0 Å². The molecule has 2 nitrogen and oxygen atoms in total. The Kier molecular flexibility index (Phi) is 5.26. The van der Waals surface area contributed by atoms with Gasteiger partial charge in [0.15, 0.2) is 0 Å². The van der Waals surface area contributed by atoms with Crippen molar-refractivity contribution in [3.05, 3.63) is 20.8 Å². The SMILES string of the molecule is CC(C)(C)NCCNCc1cc(Br)cs1. The molecule has 0 fully saturated rings. The zero-order valence-electron chi connectivity index (χ0n) is 9.56. The van der Waals surface area contributed by atoms with Crippen LogP contribution in [0.15, 0.2) is 15.9 Å². The van der Waals surface area contributed by atoms with Crippen LogP contribution < -0.4 is 10.6 Å². The number of halogens is 1. The maximum atomic E-state index is 3.45. The van der Waals surface area contributed by atoms with E-state index in [0.717, 1.165) is 19.6 Å². The summed E-state index contributed by atoms with van der Waals surface area (Å²) in [6, 6.07) is 2.16. The van der Waals surface area contributed by atoms with Gasteiger partial charge < -0.3 is 10.6 Å². The standard InChI is InChI=1S/C11H19BrN2S/c1-11(2,3)14-5-4-13-7-10-6-9(12)8-15-10/h6,8,13-14H,4-5,7H2,1-3H3. The van der Waals surface area contributed by atoms with E-state index < -0.39 is 0 Å². The van der Waals surface area contributed by atoms with Crippen LogP contribution in [0.25, 0.3) is 0 Å². The summed E-state index contributed by atoms with van der Waals surface area (Å²) >= 11 is 5.23. The quantitative estimate of drug-likeness (QED) is 0.815. The van der Waals surface area contributed by atoms with Crippen LogP contribution in [0.1, 0.15) is 25.6 Å². The van der Waals surface area contributed by atoms with Gasteiger partial charge in [0.05, 0.1) is 0 Å². The molecule has 4 heteroatoms. The number of hydrogen-bond acceptors (Lipinski definition) is 3. The van der Waals surface area contributed by atoms with Crippen LogP contribution in [-0.2, 0) is 6.54 Å². The van der Waals surface area contributed by atoms with Crippen molar-refractivity contribution in [3.63, 3.8) is 0 Å². The number of rotatable bonds is 5. The molecule has 0 radical (unpaired) electrons. The monoisotopic (exact) mass is 290 g/mol. The van der Waals surface area contributed by atoms with E-state index in [1.54, 1.807) is 11.3 Å². The Morgan fingerprint density at radius 3 is 2.60 bits per heavy atom. The molecule has 1 heterocycles. The first-order chi connectivity index (χ1) is 6.97. The molecular formula is C11H19BrN2S. The van der Waals surface area contributed by atoms with Gasteiger partial charge in [0.1, 0.15) is 0 Å². The van der Waals surface area contributed by atoms with Crippen molar-refractivity contribution in [2.75, 3.05) is 13.1 Å². The van der Waals surface area contributed by atoms with E-state index in [1.807, 2.05) is 0 Å². The van der Waals surface area contributed by atoms with Crippen molar-refractivity contribution >= 4 is 27.3 Å². The van der Waals surface area contributed by atoms with Gasteiger partial charge in [-0.2, -0.15) is 0 Å². The van der Waals surface area contributed by atoms with Crippen molar-refractivity contribution in [1.82, 2.24) is 10.6 Å². The normalized spacial score (nSPS) is 12.0. The van der Waals surface area contributed by atoms with Gasteiger partial charge in [-0.3, -0.25) is 0 Å². The molecule has 1 aromatic heterocycles. The van der Waals surface area contributed by atoms with Gasteiger partial charge in [0.2, 0.25) is 0 Å². The van der Waals surface area contributed by atoms with Gasteiger partial charge in [0, 0.05) is 39.9 Å². The molecule has 0 atom stereocenters. The predicted molar refractivity (Wildman–Crippen MR) is 71.5 cm³/mol. The Bertz CT molecular complexity index is 291. The molecular weight excluding hydrogens is 272 g/mol. The Balaban J connectivity index is 2.07. The van der Waals surface area contributed by atoms with Crippen molar-refractivity contribution in [1.29, 1.82) is 0 Å². The summed E-state index contributed by atoms with van der Waals surface area (Å²) in [7, 11) is 0. The summed E-state index contributed by atoms with van der Waals surface area (Å²) in [5.74, 6) is 0. The Labute approximate surface area is 105 Å². The summed E-state index contributed by atoms with van der Waals surface area (Å²) in [5.41, 5.74) is 0.216. The van der Waals surface area contributed by atoms with Crippen LogP contribution in [0, 0.1) is 0 Å². The summed E-state index contributed by atoms with van der Waals surface area (Å²) in [5, 5.41) is 8.98. The van der Waals surface area contributed by atoms with E-state index in [9.17, 15) is 0 Å². The van der Waals surface area contributed by atoms with Gasteiger partial charge in [-0.25, -0.2) is 0 Å². The van der Waals surface area contributed by atoms with Gasteiger partial charge in [-0.1, -0.05) is 0 Å². The fraction of sp³-hybridized carbons (Fsp3) is 0.636. The lowest BCUT2D eigenvalue weighted by molar-refractivity contribution is 0.422. The molecule has 0 aliphatic carbocycles. The molecule has 86 valence electrons. The predicted octanol–water partition coefficient (Wildman–Crippen LogP) is 2.99. The second-order valence-corrected chi connectivity index (χ2v) is 6.50. The van der Waals surface area contributed by atoms with Crippen LogP contribution in [0.3, 0.4) is 0 Å². The van der Waals surface area contributed by atoms with E-state index in [0.29, 0.717) is 0 Å². The van der Waals surface area contributed by atoms with Crippen LogP contribution in [0.5, 0.6) is 0 Å². The number of nitrogens with one attached hydrogen (secondary N) is 2. The Morgan fingerprint density at radius 2 is 2.07 bits per heavy atom. The average molecular weight is 291 g/mol. The van der Waals surface area contributed by atoms with Crippen LogP contribution in [0.4, 0.5) is 0 Å². The fourth-order valence-corrected chi connectivity index (χ4v) is 2.60. The lowest BCUT2D eigenvalue weighted by atomic mass is 10.1. The molecule has 0 amide bonds. The molecule has 0 aliphatic heterocycles. The minimum absolute atomic E-state index is 0.216. The van der Waals surface area contributed by atoms with E-state index in [2.05, 4.69) is 58.8 Å². The van der Waals surface area contributed by atoms with Crippen LogP contribution >= 0.6 is 27.3 Å². The first kappa shape index (κ1) is 13.2. The van der Waals surface area contributed by atoms with Gasteiger partial charge in [0.25, 0.3) is 0 Å². The van der Waals surface area contributed by atoms with E-state index >= 15 is 0 Å². The summed E-state index contributed by atoms with van der Waals surface area (Å²) < 4.78 is 1.18. The molecule has 0 saturated carbocycles. The summed E-state index contributed by atoms with van der Waals surface area (Å²) in [4.78, 5) is 1.37. The minimum Gasteiger partial charge on any atom is -0.311 e. The van der Waals surface area contributed by atoms with Gasteiger partial charge >= 0.3 is 0 Å². The zero-order chi connectivity index (χ0) is 11.3. The molecule has 0 spiro atoms. The summed E-state index contributed by atoms with van der Waals surface area (Å²) in [6.45, 7) is 9.53. The minimum atomic E-state index is 0.216. The van der Waals surface area contributed by atoms with Gasteiger partial charge in [-0.15, -0.1) is 11.3 Å². The first-order valence-electron chi connectivity index (χ1n) is 5.16. The fourth-order valence-electron chi connectivity index (χ4n) is 1.18. The average Bonchev–Trinajstić information content (AvgIpc) is 2.49. The molecule has 15 heavy (non-hydrogen) atoms. The molecule has 1 rings (SSSR count).